The Morgan fingerprint density at radius 2 is 1.68 bits per heavy atom. The molecular weight excluding hydrogens is 449 g/mol. The van der Waals surface area contributed by atoms with Gasteiger partial charge in [0.05, 0.1) is 17.3 Å². The summed E-state index contributed by atoms with van der Waals surface area (Å²) in [6.07, 6.45) is -3.50. The molecule has 2 aromatic heterocycles. The van der Waals surface area contributed by atoms with Crippen LogP contribution in [0.25, 0.3) is 11.0 Å². The average Bonchev–Trinajstić information content (AvgIpc) is 3.06. The highest BCUT2D eigenvalue weighted by atomic mass is 79.9. The van der Waals surface area contributed by atoms with Crippen LogP contribution in [0.15, 0.2) is 28.9 Å². The molecule has 0 saturated carbocycles. The number of nitrogens with one attached hydrogen (secondary N) is 1. The molecular formula is C17H13BrF5N5. The monoisotopic (exact) mass is 461 g/mol. The lowest BCUT2D eigenvalue weighted by atomic mass is 10.2. The number of imidazole rings is 1. The molecule has 5 nitrogen and oxygen atoms in total. The van der Waals surface area contributed by atoms with Crippen molar-refractivity contribution < 1.29 is 22.0 Å². The third kappa shape index (κ3) is 3.50. The van der Waals surface area contributed by atoms with Crippen molar-refractivity contribution in [1.82, 2.24) is 15.0 Å². The molecule has 0 radical (unpaired) electrons. The lowest BCUT2D eigenvalue weighted by Crippen LogP contribution is -2.47. The second-order valence-corrected chi connectivity index (χ2v) is 7.20. The first kappa shape index (κ1) is 18.9. The fourth-order valence-corrected chi connectivity index (χ4v) is 3.69. The molecule has 4 rings (SSSR count). The lowest BCUT2D eigenvalue weighted by Gasteiger charge is -2.35. The summed E-state index contributed by atoms with van der Waals surface area (Å²) in [5, 5.41) is 0. The van der Waals surface area contributed by atoms with Gasteiger partial charge in [0.15, 0.2) is 11.6 Å². The maximum atomic E-state index is 13.9. The molecule has 0 amide bonds. The molecule has 0 unspecified atom stereocenters. The molecule has 1 N–H and O–H groups in total. The van der Waals surface area contributed by atoms with E-state index in [9.17, 15) is 22.0 Å². The second-order valence-electron chi connectivity index (χ2n) is 6.35. The van der Waals surface area contributed by atoms with E-state index in [0.717, 1.165) is 24.4 Å². The van der Waals surface area contributed by atoms with Gasteiger partial charge in [-0.05, 0) is 28.1 Å². The number of aromatic amines is 1. The Morgan fingerprint density at radius 1 is 1.00 bits per heavy atom. The minimum Gasteiger partial charge on any atom is -0.351 e. The van der Waals surface area contributed by atoms with Gasteiger partial charge in [-0.3, -0.25) is 0 Å². The maximum Gasteiger partial charge on any atom is 0.416 e. The number of alkyl halides is 3. The van der Waals surface area contributed by atoms with Crippen LogP contribution < -0.4 is 9.80 Å². The van der Waals surface area contributed by atoms with Crippen molar-refractivity contribution in [1.29, 1.82) is 0 Å². The number of halogens is 6. The maximum absolute atomic E-state index is 13.9. The van der Waals surface area contributed by atoms with Gasteiger partial charge in [-0.25, -0.2) is 18.7 Å². The van der Waals surface area contributed by atoms with Crippen molar-refractivity contribution in [3.63, 3.8) is 0 Å². The standard InChI is InChI=1S/C17H13BrF5N5/c18-11-5-9(17(21,22)23)6-13-14(11)26-16(25-13)28-3-1-27(2-4-28)15-12(20)7-10(19)8-24-15/h5-8H,1-4H2,(H,25,26). The summed E-state index contributed by atoms with van der Waals surface area (Å²) in [7, 11) is 0. The van der Waals surface area contributed by atoms with Gasteiger partial charge < -0.3 is 14.8 Å². The van der Waals surface area contributed by atoms with E-state index in [4.69, 9.17) is 0 Å². The lowest BCUT2D eigenvalue weighted by molar-refractivity contribution is -0.137. The fraction of sp³-hybridized carbons (Fsp3) is 0.294. The number of piperazine rings is 1. The van der Waals surface area contributed by atoms with E-state index in [-0.39, 0.29) is 15.8 Å². The molecule has 28 heavy (non-hydrogen) atoms. The minimum absolute atomic E-state index is 0.0724. The molecule has 3 heterocycles. The number of hydrogen-bond acceptors (Lipinski definition) is 4. The van der Waals surface area contributed by atoms with Gasteiger partial charge in [0, 0.05) is 36.7 Å². The minimum atomic E-state index is -4.46. The number of anilines is 2. The number of benzene rings is 1. The van der Waals surface area contributed by atoms with Gasteiger partial charge in [-0.1, -0.05) is 0 Å². The van der Waals surface area contributed by atoms with Crippen LogP contribution in [0.1, 0.15) is 5.56 Å². The second kappa shape index (κ2) is 6.87. The summed E-state index contributed by atoms with van der Waals surface area (Å²) in [4.78, 5) is 14.6. The van der Waals surface area contributed by atoms with Crippen LogP contribution in [0, 0.1) is 11.6 Å². The Morgan fingerprint density at radius 3 is 2.32 bits per heavy atom. The molecule has 0 aliphatic carbocycles. The van der Waals surface area contributed by atoms with Crippen molar-refractivity contribution in [3.05, 3.63) is 46.1 Å². The Kier molecular flexibility index (Phi) is 4.64. The quantitative estimate of drug-likeness (QED) is 0.576. The van der Waals surface area contributed by atoms with Crippen LogP contribution in [-0.4, -0.2) is 41.1 Å². The number of aromatic nitrogens is 3. The Labute approximate surface area is 164 Å². The number of H-pyrrole nitrogens is 1. The van der Waals surface area contributed by atoms with Gasteiger partial charge in [-0.2, -0.15) is 13.2 Å². The molecule has 0 bridgehead atoms. The van der Waals surface area contributed by atoms with Gasteiger partial charge in [0.2, 0.25) is 5.95 Å². The molecule has 148 valence electrons. The first-order valence-corrected chi connectivity index (χ1v) is 9.09. The molecule has 1 aliphatic rings. The Bertz CT molecular complexity index is 1030. The summed E-state index contributed by atoms with van der Waals surface area (Å²) >= 11 is 3.14. The smallest absolute Gasteiger partial charge is 0.351 e. The fourth-order valence-electron chi connectivity index (χ4n) is 3.15. The third-order valence-corrected chi connectivity index (χ3v) is 5.13. The third-order valence-electron chi connectivity index (χ3n) is 4.52. The van der Waals surface area contributed by atoms with E-state index in [2.05, 4.69) is 30.9 Å². The number of nitrogens with zero attached hydrogens (tertiary/aromatic N) is 4. The molecule has 3 aromatic rings. The molecule has 1 aliphatic heterocycles. The van der Waals surface area contributed by atoms with E-state index < -0.39 is 23.4 Å². The summed E-state index contributed by atoms with van der Waals surface area (Å²) in [5.74, 6) is -0.975. The summed E-state index contributed by atoms with van der Waals surface area (Å²) in [5.41, 5.74) is -0.105. The van der Waals surface area contributed by atoms with Crippen molar-refractivity contribution in [3.8, 4) is 0 Å². The zero-order chi connectivity index (χ0) is 20.1. The van der Waals surface area contributed by atoms with E-state index in [1.807, 2.05) is 4.90 Å². The van der Waals surface area contributed by atoms with Crippen LogP contribution in [0.3, 0.4) is 0 Å². The van der Waals surface area contributed by atoms with Crippen LogP contribution in [0.5, 0.6) is 0 Å². The van der Waals surface area contributed by atoms with Gasteiger partial charge in [-0.15, -0.1) is 0 Å². The van der Waals surface area contributed by atoms with Crippen molar-refractivity contribution >= 4 is 38.7 Å². The Balaban J connectivity index is 1.54. The molecule has 0 spiro atoms. The van der Waals surface area contributed by atoms with Gasteiger partial charge >= 0.3 is 6.18 Å². The van der Waals surface area contributed by atoms with E-state index >= 15 is 0 Å². The van der Waals surface area contributed by atoms with Crippen molar-refractivity contribution in [2.45, 2.75) is 6.18 Å². The van der Waals surface area contributed by atoms with E-state index in [1.54, 1.807) is 4.90 Å². The molecule has 1 fully saturated rings. The first-order chi connectivity index (χ1) is 13.2. The predicted octanol–water partition coefficient (Wildman–Crippen LogP) is 4.34. The number of hydrogen-bond donors (Lipinski definition) is 1. The van der Waals surface area contributed by atoms with Crippen LogP contribution in [-0.2, 0) is 6.18 Å². The SMILES string of the molecule is Fc1cnc(N2CCN(c3nc4c(Br)cc(C(F)(F)F)cc4[nH]3)CC2)c(F)c1. The van der Waals surface area contributed by atoms with Crippen molar-refractivity contribution in [2.24, 2.45) is 0 Å². The Hall–Kier alpha value is -2.43. The summed E-state index contributed by atoms with van der Waals surface area (Å²) < 4.78 is 66.1. The number of fused-ring (bicyclic) bond motifs is 1. The molecule has 0 atom stereocenters. The van der Waals surface area contributed by atoms with Crippen molar-refractivity contribution in [2.75, 3.05) is 36.0 Å². The molecule has 1 aromatic carbocycles. The summed E-state index contributed by atoms with van der Waals surface area (Å²) in [6.45, 7) is 1.70. The normalized spacial score (nSPS) is 15.5. The predicted molar refractivity (Wildman–Crippen MR) is 97.4 cm³/mol. The van der Waals surface area contributed by atoms with Crippen LogP contribution >= 0.6 is 15.9 Å². The highest BCUT2D eigenvalue weighted by Crippen LogP contribution is 2.35. The van der Waals surface area contributed by atoms with Gasteiger partial charge in [0.1, 0.15) is 11.3 Å². The summed E-state index contributed by atoms with van der Waals surface area (Å²) in [6, 6.07) is 2.79. The average molecular weight is 462 g/mol. The zero-order valence-corrected chi connectivity index (χ0v) is 15.8. The zero-order valence-electron chi connectivity index (χ0n) is 14.2. The molecule has 11 heteroatoms. The van der Waals surface area contributed by atoms with Gasteiger partial charge in [0.25, 0.3) is 0 Å². The number of rotatable bonds is 2. The van der Waals surface area contributed by atoms with E-state index in [0.29, 0.717) is 37.6 Å². The van der Waals surface area contributed by atoms with Crippen LogP contribution in [0.4, 0.5) is 33.7 Å². The highest BCUT2D eigenvalue weighted by molar-refractivity contribution is 9.10. The van der Waals surface area contributed by atoms with Crippen LogP contribution in [0.2, 0.25) is 0 Å². The first-order valence-electron chi connectivity index (χ1n) is 8.30. The topological polar surface area (TPSA) is 48.1 Å². The number of pyridine rings is 1. The largest absolute Gasteiger partial charge is 0.416 e. The highest BCUT2D eigenvalue weighted by Gasteiger charge is 2.32. The van der Waals surface area contributed by atoms with E-state index in [1.165, 1.54) is 0 Å². The molecule has 1 saturated heterocycles.